The molecule has 40 valence electrons. The van der Waals surface area contributed by atoms with Crippen LogP contribution in [-0.2, 0) is 38.4 Å². The fraction of sp³-hybridized carbons (Fsp3) is 0. The van der Waals surface area contributed by atoms with E-state index in [1.807, 2.05) is 0 Å². The van der Waals surface area contributed by atoms with Crippen molar-refractivity contribution >= 4 is 0 Å². The van der Waals surface area contributed by atoms with Crippen molar-refractivity contribution < 1.29 is 110 Å². The van der Waals surface area contributed by atoms with Crippen molar-refractivity contribution in [1.29, 1.82) is 0 Å². The quantitative estimate of drug-likeness (QED) is 0.489. The number of hydrogen-bond donors (Lipinski definition) is 0. The Labute approximate surface area is 108 Å². The van der Waals surface area contributed by atoms with E-state index in [-0.39, 0.29) is 110 Å². The largest absolute Gasteiger partial charge is 3.00 e. The molecule has 0 fully saturated rings. The number of rotatable bonds is 0. The zero-order valence-corrected chi connectivity index (χ0v) is 11.3. The van der Waals surface area contributed by atoms with Crippen molar-refractivity contribution in [1.82, 2.24) is 0 Å². The summed E-state index contributed by atoms with van der Waals surface area (Å²) in [5.74, 6) is 0. The molecule has 7 heteroatoms. The van der Waals surface area contributed by atoms with Gasteiger partial charge in [-0.25, -0.2) is 0 Å². The van der Waals surface area contributed by atoms with Gasteiger partial charge in [0.05, 0.1) is 0 Å². The van der Waals surface area contributed by atoms with E-state index in [1.165, 1.54) is 0 Å². The maximum absolute atomic E-state index is 0. The van der Waals surface area contributed by atoms with Gasteiger partial charge in [-0.15, -0.1) is 0 Å². The Morgan fingerprint density at radius 3 is 0.429 bits per heavy atom. The Balaban J connectivity index is 0. The maximum atomic E-state index is 0. The molecule has 0 rings (SSSR count). The minimum Gasteiger partial charge on any atom is -2.00 e. The third-order valence-electron chi connectivity index (χ3n) is 0. The van der Waals surface area contributed by atoms with Gasteiger partial charge in [0.1, 0.15) is 0 Å². The van der Waals surface area contributed by atoms with Crippen molar-refractivity contribution in [3.63, 3.8) is 0 Å². The standard InChI is InChI=1S/2La.Ni.4O/q2*+3;+2;4*-2. The predicted molar refractivity (Wildman–Crippen MR) is 2.75 cm³/mol. The average Bonchev–Trinajstić information content (AvgIpc) is 0. The zero-order chi connectivity index (χ0) is 0. The number of hydrogen-bond acceptors (Lipinski definition) is 0. The first-order valence-electron chi connectivity index (χ1n) is 0. The molecule has 0 bridgehead atoms. The molecular weight excluding hydrogens is 401 g/mol. The van der Waals surface area contributed by atoms with Gasteiger partial charge in [-0.2, -0.15) is 0 Å². The van der Waals surface area contributed by atoms with Gasteiger partial charge >= 0.3 is 87.7 Å². The Morgan fingerprint density at radius 1 is 0.429 bits per heavy atom. The zero-order valence-electron chi connectivity index (χ0n) is 3.10. The van der Waals surface area contributed by atoms with E-state index >= 15 is 0 Å². The molecular formula is La2NiO4. The molecule has 0 saturated heterocycles. The van der Waals surface area contributed by atoms with Crippen LogP contribution < -0.4 is 0 Å². The molecule has 0 atom stereocenters. The topological polar surface area (TPSA) is 114 Å². The van der Waals surface area contributed by atoms with Gasteiger partial charge in [0.25, 0.3) is 0 Å². The molecule has 0 N–H and O–H groups in total. The average molecular weight is 401 g/mol. The van der Waals surface area contributed by atoms with Crippen LogP contribution >= 0.6 is 0 Å². The van der Waals surface area contributed by atoms with E-state index < -0.39 is 0 Å². The van der Waals surface area contributed by atoms with Gasteiger partial charge in [0.2, 0.25) is 0 Å². The molecule has 0 aliphatic rings. The van der Waals surface area contributed by atoms with Crippen LogP contribution in [0, 0.1) is 71.2 Å². The molecule has 0 amide bonds. The summed E-state index contributed by atoms with van der Waals surface area (Å²) in [5, 5.41) is 0. The van der Waals surface area contributed by atoms with Crippen LogP contribution in [0.1, 0.15) is 0 Å². The van der Waals surface area contributed by atoms with E-state index in [2.05, 4.69) is 0 Å². The second-order valence-corrected chi connectivity index (χ2v) is 0. The molecule has 0 radical (unpaired) electrons. The molecule has 7 heavy (non-hydrogen) atoms. The van der Waals surface area contributed by atoms with Crippen LogP contribution in [0.15, 0.2) is 0 Å². The van der Waals surface area contributed by atoms with E-state index in [0.29, 0.717) is 0 Å². The predicted octanol–water partition coefficient (Wildman–Crippen LogP) is -0.478. The van der Waals surface area contributed by atoms with Crippen molar-refractivity contribution in [2.75, 3.05) is 0 Å². The van der Waals surface area contributed by atoms with Crippen LogP contribution in [0.5, 0.6) is 0 Å². The fourth-order valence-corrected chi connectivity index (χ4v) is 0. The first-order chi connectivity index (χ1) is 0. The van der Waals surface area contributed by atoms with E-state index in [0.717, 1.165) is 0 Å². The van der Waals surface area contributed by atoms with Crippen LogP contribution in [-0.4, -0.2) is 0 Å². The van der Waals surface area contributed by atoms with Crippen molar-refractivity contribution in [2.45, 2.75) is 0 Å². The summed E-state index contributed by atoms with van der Waals surface area (Å²) < 4.78 is 0. The normalized spacial score (nSPS) is 0. The smallest absolute Gasteiger partial charge is 2.00 e. The van der Waals surface area contributed by atoms with Crippen molar-refractivity contribution in [2.24, 2.45) is 0 Å². The third kappa shape index (κ3) is 53.2. The second-order valence-electron chi connectivity index (χ2n) is 0. The van der Waals surface area contributed by atoms with E-state index in [9.17, 15) is 0 Å². The molecule has 0 aromatic carbocycles. The molecule has 0 heterocycles. The molecule has 0 aliphatic heterocycles. The summed E-state index contributed by atoms with van der Waals surface area (Å²) in [6.07, 6.45) is 0. The molecule has 0 aromatic rings. The molecule has 0 aromatic heterocycles. The Kier molecular flexibility index (Phi) is 1000. The van der Waals surface area contributed by atoms with Crippen LogP contribution in [0.3, 0.4) is 0 Å². The van der Waals surface area contributed by atoms with Gasteiger partial charge in [0, 0.05) is 0 Å². The van der Waals surface area contributed by atoms with E-state index in [1.54, 1.807) is 0 Å². The van der Waals surface area contributed by atoms with Crippen LogP contribution in [0.4, 0.5) is 0 Å². The Hall–Kier alpha value is 2.72. The summed E-state index contributed by atoms with van der Waals surface area (Å²) in [7, 11) is 0. The van der Waals surface area contributed by atoms with Gasteiger partial charge in [-0.1, -0.05) is 0 Å². The summed E-state index contributed by atoms with van der Waals surface area (Å²) >= 11 is 0. The first kappa shape index (κ1) is 99.8. The summed E-state index contributed by atoms with van der Waals surface area (Å²) in [5.41, 5.74) is 0. The molecule has 0 saturated carbocycles. The minimum absolute atomic E-state index is 0. The Morgan fingerprint density at radius 2 is 0.429 bits per heavy atom. The molecule has 4 nitrogen and oxygen atoms in total. The van der Waals surface area contributed by atoms with Gasteiger partial charge in [-0.05, 0) is 0 Å². The third-order valence-corrected chi connectivity index (χ3v) is 0. The van der Waals surface area contributed by atoms with E-state index in [4.69, 9.17) is 0 Å². The summed E-state index contributed by atoms with van der Waals surface area (Å²) in [4.78, 5) is 0. The molecule has 0 unspecified atom stereocenters. The van der Waals surface area contributed by atoms with Crippen molar-refractivity contribution in [3.8, 4) is 0 Å². The Bertz CT molecular complexity index is 9.65. The first-order valence-corrected chi connectivity index (χ1v) is 0. The fourth-order valence-electron chi connectivity index (χ4n) is 0. The maximum Gasteiger partial charge on any atom is 3.00 e. The summed E-state index contributed by atoms with van der Waals surface area (Å²) in [6.45, 7) is 0. The second kappa shape index (κ2) is 70.2. The van der Waals surface area contributed by atoms with Crippen LogP contribution in [0.25, 0.3) is 0 Å². The monoisotopic (exact) mass is 400 g/mol. The van der Waals surface area contributed by atoms with Gasteiger partial charge < -0.3 is 21.9 Å². The van der Waals surface area contributed by atoms with Crippen LogP contribution in [0.2, 0.25) is 0 Å². The van der Waals surface area contributed by atoms with Gasteiger partial charge in [-0.3, -0.25) is 0 Å². The molecule has 0 aliphatic carbocycles. The van der Waals surface area contributed by atoms with Crippen molar-refractivity contribution in [3.05, 3.63) is 0 Å². The minimum atomic E-state index is 0. The SMILES string of the molecule is [La+3].[La+3].[Ni+2].[O-2].[O-2].[O-2].[O-2]. The molecule has 0 spiro atoms. The van der Waals surface area contributed by atoms with Gasteiger partial charge in [0.15, 0.2) is 0 Å². The summed E-state index contributed by atoms with van der Waals surface area (Å²) in [6, 6.07) is 0.